The van der Waals surface area contributed by atoms with E-state index in [4.69, 9.17) is 0 Å². The van der Waals surface area contributed by atoms with Gasteiger partial charge in [-0.15, -0.1) is 0 Å². The van der Waals surface area contributed by atoms with Gasteiger partial charge < -0.3 is 5.32 Å². The van der Waals surface area contributed by atoms with Crippen molar-refractivity contribution in [3.8, 4) is 0 Å². The summed E-state index contributed by atoms with van der Waals surface area (Å²) < 4.78 is 36.5. The summed E-state index contributed by atoms with van der Waals surface area (Å²) in [6.45, 7) is 0.383. The Bertz CT molecular complexity index is 213. The molecule has 2 rings (SSSR count). The Balaban J connectivity index is 1.75. The second-order valence-corrected chi connectivity index (χ2v) is 4.63. The molecular formula is C10H17F3N2. The lowest BCUT2D eigenvalue weighted by molar-refractivity contribution is -0.148. The van der Waals surface area contributed by atoms with Gasteiger partial charge in [0.05, 0.1) is 6.54 Å². The topological polar surface area (TPSA) is 15.3 Å². The lowest BCUT2D eigenvalue weighted by Gasteiger charge is -2.33. The Hall–Kier alpha value is -0.290. The van der Waals surface area contributed by atoms with Crippen LogP contribution in [0.5, 0.6) is 0 Å². The van der Waals surface area contributed by atoms with E-state index in [2.05, 4.69) is 5.32 Å². The number of rotatable bonds is 3. The third kappa shape index (κ3) is 3.99. The molecule has 5 heteroatoms. The van der Waals surface area contributed by atoms with Crippen molar-refractivity contribution in [1.82, 2.24) is 10.2 Å². The van der Waals surface area contributed by atoms with E-state index in [0.717, 1.165) is 12.8 Å². The van der Waals surface area contributed by atoms with Crippen molar-refractivity contribution in [3.63, 3.8) is 0 Å². The van der Waals surface area contributed by atoms with Crippen molar-refractivity contribution < 1.29 is 13.2 Å². The molecule has 1 unspecified atom stereocenters. The van der Waals surface area contributed by atoms with Crippen LogP contribution in [-0.4, -0.2) is 42.8 Å². The second kappa shape index (κ2) is 4.29. The number of piperidine rings is 1. The van der Waals surface area contributed by atoms with Crippen molar-refractivity contribution in [1.29, 1.82) is 0 Å². The molecule has 0 spiro atoms. The molecule has 2 fully saturated rings. The third-order valence-corrected chi connectivity index (χ3v) is 2.96. The standard InChI is InChI=1S/C10H17F3N2/c11-10(12,13)7-15-5-1-2-9(6-15)14-8-3-4-8/h8-9,14H,1-7H2. The monoisotopic (exact) mass is 222 g/mol. The molecule has 88 valence electrons. The zero-order valence-electron chi connectivity index (χ0n) is 8.69. The lowest BCUT2D eigenvalue weighted by Crippen LogP contribution is -2.49. The van der Waals surface area contributed by atoms with Gasteiger partial charge in [-0.2, -0.15) is 13.2 Å². The molecule has 1 heterocycles. The summed E-state index contributed by atoms with van der Waals surface area (Å²) in [4.78, 5) is 1.52. The number of nitrogens with one attached hydrogen (secondary N) is 1. The smallest absolute Gasteiger partial charge is 0.310 e. The second-order valence-electron chi connectivity index (χ2n) is 4.63. The predicted octanol–water partition coefficient (Wildman–Crippen LogP) is 1.77. The first-order chi connectivity index (χ1) is 7.03. The highest BCUT2D eigenvalue weighted by molar-refractivity contribution is 4.88. The number of hydrogen-bond donors (Lipinski definition) is 1. The summed E-state index contributed by atoms with van der Waals surface area (Å²) in [7, 11) is 0. The molecular weight excluding hydrogens is 205 g/mol. The minimum atomic E-state index is -4.05. The fourth-order valence-electron chi connectivity index (χ4n) is 2.17. The number of hydrogen-bond acceptors (Lipinski definition) is 2. The van der Waals surface area contributed by atoms with Crippen LogP contribution in [0.2, 0.25) is 0 Å². The van der Waals surface area contributed by atoms with Gasteiger partial charge in [0.25, 0.3) is 0 Å². The van der Waals surface area contributed by atoms with Gasteiger partial charge >= 0.3 is 6.18 Å². The molecule has 2 nitrogen and oxygen atoms in total. The molecule has 0 radical (unpaired) electrons. The molecule has 1 saturated carbocycles. The van der Waals surface area contributed by atoms with E-state index in [1.807, 2.05) is 0 Å². The maximum absolute atomic E-state index is 12.2. The molecule has 2 aliphatic rings. The number of alkyl halides is 3. The number of nitrogens with zero attached hydrogens (tertiary/aromatic N) is 1. The van der Waals surface area contributed by atoms with E-state index in [9.17, 15) is 13.2 Å². The van der Waals surface area contributed by atoms with Crippen LogP contribution in [0.15, 0.2) is 0 Å². The zero-order valence-corrected chi connectivity index (χ0v) is 8.69. The first-order valence-electron chi connectivity index (χ1n) is 5.58. The van der Waals surface area contributed by atoms with Crippen molar-refractivity contribution in [3.05, 3.63) is 0 Å². The Morgan fingerprint density at radius 3 is 2.47 bits per heavy atom. The van der Waals surface area contributed by atoms with Crippen LogP contribution in [-0.2, 0) is 0 Å². The minimum Gasteiger partial charge on any atom is -0.310 e. The predicted molar refractivity (Wildman–Crippen MR) is 51.7 cm³/mol. The van der Waals surface area contributed by atoms with Crippen molar-refractivity contribution in [2.45, 2.75) is 43.9 Å². The van der Waals surface area contributed by atoms with Crippen LogP contribution in [0.4, 0.5) is 13.2 Å². The van der Waals surface area contributed by atoms with Gasteiger partial charge in [0.1, 0.15) is 0 Å². The molecule has 0 aromatic carbocycles. The SMILES string of the molecule is FC(F)(F)CN1CCCC(NC2CC2)C1. The van der Waals surface area contributed by atoms with Gasteiger partial charge in [0, 0.05) is 18.6 Å². The van der Waals surface area contributed by atoms with Crippen molar-refractivity contribution >= 4 is 0 Å². The maximum Gasteiger partial charge on any atom is 0.401 e. The summed E-state index contributed by atoms with van der Waals surface area (Å²) in [5, 5.41) is 3.40. The van der Waals surface area contributed by atoms with Gasteiger partial charge in [-0.25, -0.2) is 0 Å². The fraction of sp³-hybridized carbons (Fsp3) is 1.00. The molecule has 1 N–H and O–H groups in total. The molecule has 0 aromatic rings. The average molecular weight is 222 g/mol. The molecule has 0 bridgehead atoms. The van der Waals surface area contributed by atoms with E-state index in [1.54, 1.807) is 0 Å². The molecule has 0 amide bonds. The number of likely N-dealkylation sites (tertiary alicyclic amines) is 1. The van der Waals surface area contributed by atoms with Gasteiger partial charge in [-0.1, -0.05) is 0 Å². The fourth-order valence-corrected chi connectivity index (χ4v) is 2.17. The number of halogens is 3. The molecule has 1 aliphatic carbocycles. The molecule has 15 heavy (non-hydrogen) atoms. The van der Waals surface area contributed by atoms with Crippen LogP contribution in [0.1, 0.15) is 25.7 Å². The summed E-state index contributed by atoms with van der Waals surface area (Å²) in [6, 6.07) is 0.856. The van der Waals surface area contributed by atoms with Crippen molar-refractivity contribution in [2.75, 3.05) is 19.6 Å². The highest BCUT2D eigenvalue weighted by Gasteiger charge is 2.34. The summed E-state index contributed by atoms with van der Waals surface area (Å²) in [5.74, 6) is 0. The summed E-state index contributed by atoms with van der Waals surface area (Å²) >= 11 is 0. The van der Waals surface area contributed by atoms with Crippen LogP contribution >= 0.6 is 0 Å². The Labute approximate surface area is 87.8 Å². The normalized spacial score (nSPS) is 29.4. The first kappa shape index (κ1) is 11.2. The van der Waals surface area contributed by atoms with E-state index < -0.39 is 12.7 Å². The lowest BCUT2D eigenvalue weighted by atomic mass is 10.1. The van der Waals surface area contributed by atoms with Crippen LogP contribution in [0, 0.1) is 0 Å². The van der Waals surface area contributed by atoms with Gasteiger partial charge in [0.15, 0.2) is 0 Å². The molecule has 1 saturated heterocycles. The van der Waals surface area contributed by atoms with E-state index in [-0.39, 0.29) is 6.04 Å². The van der Waals surface area contributed by atoms with E-state index >= 15 is 0 Å². The van der Waals surface area contributed by atoms with Crippen LogP contribution in [0.3, 0.4) is 0 Å². The van der Waals surface area contributed by atoms with Gasteiger partial charge in [0.2, 0.25) is 0 Å². The highest BCUT2D eigenvalue weighted by atomic mass is 19.4. The maximum atomic E-state index is 12.2. The zero-order chi connectivity index (χ0) is 10.9. The largest absolute Gasteiger partial charge is 0.401 e. The Morgan fingerprint density at radius 1 is 1.13 bits per heavy atom. The Kier molecular flexibility index (Phi) is 3.21. The van der Waals surface area contributed by atoms with E-state index in [1.165, 1.54) is 17.7 Å². The van der Waals surface area contributed by atoms with Gasteiger partial charge in [-0.3, -0.25) is 4.90 Å². The van der Waals surface area contributed by atoms with E-state index in [0.29, 0.717) is 19.1 Å². The Morgan fingerprint density at radius 2 is 1.87 bits per heavy atom. The first-order valence-corrected chi connectivity index (χ1v) is 5.58. The van der Waals surface area contributed by atoms with Crippen LogP contribution in [0.25, 0.3) is 0 Å². The van der Waals surface area contributed by atoms with Gasteiger partial charge in [-0.05, 0) is 32.2 Å². The van der Waals surface area contributed by atoms with Crippen molar-refractivity contribution in [2.24, 2.45) is 0 Å². The third-order valence-electron chi connectivity index (χ3n) is 2.96. The average Bonchev–Trinajstić information content (AvgIpc) is 2.85. The molecule has 1 aliphatic heterocycles. The van der Waals surface area contributed by atoms with Crippen LogP contribution < -0.4 is 5.32 Å². The summed E-state index contributed by atoms with van der Waals surface area (Å²) in [5.41, 5.74) is 0. The highest BCUT2D eigenvalue weighted by Crippen LogP contribution is 2.23. The molecule has 0 aromatic heterocycles. The minimum absolute atomic E-state index is 0.272. The quantitative estimate of drug-likeness (QED) is 0.782. The summed E-state index contributed by atoms with van der Waals surface area (Å²) in [6.07, 6.45) is 0.221. The molecule has 1 atom stereocenters.